The first-order valence-electron chi connectivity index (χ1n) is 6.59. The van der Waals surface area contributed by atoms with Crippen LogP contribution < -0.4 is 5.32 Å². The molecule has 1 nitrogen and oxygen atoms in total. The van der Waals surface area contributed by atoms with Crippen LogP contribution in [0.1, 0.15) is 57.8 Å². The molecule has 2 rings (SSSR count). The molecule has 0 aromatic rings. The fourth-order valence-corrected chi connectivity index (χ4v) is 3.64. The zero-order chi connectivity index (χ0) is 9.80. The quantitative estimate of drug-likeness (QED) is 0.712. The molecule has 2 aliphatic carbocycles. The summed E-state index contributed by atoms with van der Waals surface area (Å²) in [5, 5.41) is 3.55. The minimum Gasteiger partial charge on any atom is -0.317 e. The van der Waals surface area contributed by atoms with Crippen molar-refractivity contribution >= 4 is 0 Å². The van der Waals surface area contributed by atoms with Crippen molar-refractivity contribution in [3.05, 3.63) is 0 Å². The van der Waals surface area contributed by atoms with Gasteiger partial charge in [0.25, 0.3) is 0 Å². The van der Waals surface area contributed by atoms with Crippen LogP contribution in [0.5, 0.6) is 0 Å². The highest BCUT2D eigenvalue weighted by Crippen LogP contribution is 2.38. The van der Waals surface area contributed by atoms with Gasteiger partial charge in [-0.15, -0.1) is 0 Å². The van der Waals surface area contributed by atoms with Gasteiger partial charge in [0.1, 0.15) is 0 Å². The molecule has 2 saturated carbocycles. The van der Waals surface area contributed by atoms with Crippen molar-refractivity contribution in [1.29, 1.82) is 0 Å². The van der Waals surface area contributed by atoms with E-state index in [0.717, 1.165) is 17.9 Å². The lowest BCUT2D eigenvalue weighted by atomic mass is 9.71. The summed E-state index contributed by atoms with van der Waals surface area (Å²) in [5.74, 6) is 2.07. The van der Waals surface area contributed by atoms with Crippen molar-refractivity contribution in [2.45, 2.75) is 63.8 Å². The molecule has 2 atom stereocenters. The SMILES string of the molecule is CN[C@@H]1CCCC[C@H]1C1CCCCC1. The molecule has 82 valence electrons. The first kappa shape index (κ1) is 10.5. The standard InChI is InChI=1S/C13H25N/c1-14-13-10-6-5-9-12(13)11-7-3-2-4-8-11/h11-14H,2-10H2,1H3/t12-,13+/m0/s1. The van der Waals surface area contributed by atoms with E-state index in [1.165, 1.54) is 57.8 Å². The molecule has 0 aromatic carbocycles. The summed E-state index contributed by atoms with van der Waals surface area (Å²) in [7, 11) is 2.16. The zero-order valence-electron chi connectivity index (χ0n) is 9.60. The highest BCUT2D eigenvalue weighted by Gasteiger charge is 2.31. The van der Waals surface area contributed by atoms with Gasteiger partial charge in [-0.05, 0) is 31.7 Å². The summed E-state index contributed by atoms with van der Waals surface area (Å²) in [6.45, 7) is 0. The Hall–Kier alpha value is -0.0400. The maximum absolute atomic E-state index is 3.55. The third-order valence-electron chi connectivity index (χ3n) is 4.45. The lowest BCUT2D eigenvalue weighted by molar-refractivity contribution is 0.155. The van der Waals surface area contributed by atoms with E-state index in [1.807, 2.05) is 0 Å². The lowest BCUT2D eigenvalue weighted by Crippen LogP contribution is -2.40. The highest BCUT2D eigenvalue weighted by molar-refractivity contribution is 4.85. The van der Waals surface area contributed by atoms with Crippen LogP contribution in [0.25, 0.3) is 0 Å². The van der Waals surface area contributed by atoms with E-state index < -0.39 is 0 Å². The van der Waals surface area contributed by atoms with Crippen molar-refractivity contribution < 1.29 is 0 Å². The third kappa shape index (κ3) is 2.31. The average molecular weight is 195 g/mol. The Morgan fingerprint density at radius 1 is 0.786 bits per heavy atom. The maximum atomic E-state index is 3.55. The molecular weight excluding hydrogens is 170 g/mol. The van der Waals surface area contributed by atoms with E-state index in [9.17, 15) is 0 Å². The van der Waals surface area contributed by atoms with Crippen LogP contribution >= 0.6 is 0 Å². The second-order valence-corrected chi connectivity index (χ2v) is 5.24. The monoisotopic (exact) mass is 195 g/mol. The van der Waals surface area contributed by atoms with Gasteiger partial charge in [-0.2, -0.15) is 0 Å². The molecule has 0 amide bonds. The molecular formula is C13H25N. The normalized spacial score (nSPS) is 35.8. The van der Waals surface area contributed by atoms with Gasteiger partial charge in [0.05, 0.1) is 0 Å². The Bertz CT molecular complexity index is 161. The largest absolute Gasteiger partial charge is 0.317 e. The van der Waals surface area contributed by atoms with Gasteiger partial charge in [0.2, 0.25) is 0 Å². The van der Waals surface area contributed by atoms with E-state index in [-0.39, 0.29) is 0 Å². The van der Waals surface area contributed by atoms with Crippen molar-refractivity contribution in [3.63, 3.8) is 0 Å². The van der Waals surface area contributed by atoms with Crippen LogP contribution in [0.15, 0.2) is 0 Å². The Morgan fingerprint density at radius 3 is 2.14 bits per heavy atom. The molecule has 0 aliphatic heterocycles. The molecule has 0 saturated heterocycles. The molecule has 14 heavy (non-hydrogen) atoms. The third-order valence-corrected chi connectivity index (χ3v) is 4.45. The first-order valence-corrected chi connectivity index (χ1v) is 6.59. The summed E-state index contributed by atoms with van der Waals surface area (Å²) in [6.07, 6.45) is 13.4. The molecule has 0 radical (unpaired) electrons. The lowest BCUT2D eigenvalue weighted by Gasteiger charge is -2.38. The Kier molecular flexibility index (Phi) is 3.86. The van der Waals surface area contributed by atoms with E-state index >= 15 is 0 Å². The van der Waals surface area contributed by atoms with E-state index in [4.69, 9.17) is 0 Å². The van der Waals surface area contributed by atoms with Crippen LogP contribution in [0.4, 0.5) is 0 Å². The Balaban J connectivity index is 1.91. The van der Waals surface area contributed by atoms with Crippen molar-refractivity contribution in [1.82, 2.24) is 5.32 Å². The molecule has 0 heterocycles. The molecule has 2 fully saturated rings. The van der Waals surface area contributed by atoms with E-state index in [2.05, 4.69) is 12.4 Å². The smallest absolute Gasteiger partial charge is 0.00949 e. The molecule has 0 bridgehead atoms. The summed E-state index contributed by atoms with van der Waals surface area (Å²) in [4.78, 5) is 0. The van der Waals surface area contributed by atoms with Crippen LogP contribution in [0.3, 0.4) is 0 Å². The minimum absolute atomic E-state index is 0.840. The van der Waals surface area contributed by atoms with E-state index in [1.54, 1.807) is 0 Å². The van der Waals surface area contributed by atoms with Crippen molar-refractivity contribution in [2.24, 2.45) is 11.8 Å². The topological polar surface area (TPSA) is 12.0 Å². The van der Waals surface area contributed by atoms with Crippen LogP contribution in [-0.2, 0) is 0 Å². The fourth-order valence-electron chi connectivity index (χ4n) is 3.64. The first-order chi connectivity index (χ1) is 6.92. The molecule has 0 unspecified atom stereocenters. The highest BCUT2D eigenvalue weighted by atomic mass is 14.9. The Labute approximate surface area is 88.7 Å². The van der Waals surface area contributed by atoms with Gasteiger partial charge in [0, 0.05) is 6.04 Å². The zero-order valence-corrected chi connectivity index (χ0v) is 9.60. The molecule has 1 heteroatoms. The second-order valence-electron chi connectivity index (χ2n) is 5.24. The fraction of sp³-hybridized carbons (Fsp3) is 1.00. The predicted molar refractivity (Wildman–Crippen MR) is 61.4 cm³/mol. The van der Waals surface area contributed by atoms with Gasteiger partial charge in [-0.1, -0.05) is 44.9 Å². The van der Waals surface area contributed by atoms with Gasteiger partial charge < -0.3 is 5.32 Å². The van der Waals surface area contributed by atoms with Gasteiger partial charge in [-0.3, -0.25) is 0 Å². The number of nitrogens with one attached hydrogen (secondary N) is 1. The summed E-state index contributed by atoms with van der Waals surface area (Å²) in [6, 6.07) is 0.840. The molecule has 2 aliphatic rings. The predicted octanol–water partition coefficient (Wildman–Crippen LogP) is 3.34. The van der Waals surface area contributed by atoms with Crippen molar-refractivity contribution in [3.8, 4) is 0 Å². The van der Waals surface area contributed by atoms with Crippen molar-refractivity contribution in [2.75, 3.05) is 7.05 Å². The molecule has 0 aromatic heterocycles. The van der Waals surface area contributed by atoms with Gasteiger partial charge >= 0.3 is 0 Å². The maximum Gasteiger partial charge on any atom is 0.00949 e. The van der Waals surface area contributed by atoms with Gasteiger partial charge in [-0.25, -0.2) is 0 Å². The van der Waals surface area contributed by atoms with Crippen LogP contribution in [0, 0.1) is 11.8 Å². The summed E-state index contributed by atoms with van der Waals surface area (Å²) >= 11 is 0. The number of hydrogen-bond donors (Lipinski definition) is 1. The summed E-state index contributed by atoms with van der Waals surface area (Å²) in [5.41, 5.74) is 0. The van der Waals surface area contributed by atoms with E-state index in [0.29, 0.717) is 0 Å². The van der Waals surface area contributed by atoms with Crippen LogP contribution in [-0.4, -0.2) is 13.1 Å². The second kappa shape index (κ2) is 5.16. The minimum atomic E-state index is 0.840. The molecule has 1 N–H and O–H groups in total. The average Bonchev–Trinajstić information content (AvgIpc) is 2.30. The number of hydrogen-bond acceptors (Lipinski definition) is 1. The summed E-state index contributed by atoms with van der Waals surface area (Å²) < 4.78 is 0. The molecule has 0 spiro atoms. The van der Waals surface area contributed by atoms with Gasteiger partial charge in [0.15, 0.2) is 0 Å². The number of rotatable bonds is 2. The Morgan fingerprint density at radius 2 is 1.43 bits per heavy atom. The van der Waals surface area contributed by atoms with Crippen LogP contribution in [0.2, 0.25) is 0 Å².